The highest BCUT2D eigenvalue weighted by molar-refractivity contribution is 5.88. The van der Waals surface area contributed by atoms with Crippen LogP contribution in [0.3, 0.4) is 0 Å². The second-order valence-corrected chi connectivity index (χ2v) is 3.74. The Morgan fingerprint density at radius 2 is 2.18 bits per heavy atom. The standard InChI is InChI=1S/C13H16O4/c1-2-3-6-17-12-8-10(4-5-14)7-11(9-12)13(15)16/h5,7-9H,2-4,6H2,1H3,(H,15,16). The Balaban J connectivity index is 2.87. The van der Waals surface area contributed by atoms with Crippen LogP contribution in [0.2, 0.25) is 0 Å². The molecule has 92 valence electrons. The third kappa shape index (κ3) is 4.26. The Bertz CT molecular complexity index is 398. The highest BCUT2D eigenvalue weighted by atomic mass is 16.5. The number of unbranched alkanes of at least 4 members (excludes halogenated alkanes) is 1. The summed E-state index contributed by atoms with van der Waals surface area (Å²) in [6.45, 7) is 2.61. The van der Waals surface area contributed by atoms with Gasteiger partial charge in [-0.05, 0) is 30.2 Å². The number of ether oxygens (including phenoxy) is 1. The van der Waals surface area contributed by atoms with Gasteiger partial charge in [0.2, 0.25) is 0 Å². The van der Waals surface area contributed by atoms with Gasteiger partial charge in [0, 0.05) is 6.42 Å². The fourth-order valence-electron chi connectivity index (χ4n) is 1.42. The minimum Gasteiger partial charge on any atom is -0.494 e. The van der Waals surface area contributed by atoms with Gasteiger partial charge >= 0.3 is 5.97 Å². The highest BCUT2D eigenvalue weighted by Gasteiger charge is 2.07. The van der Waals surface area contributed by atoms with Gasteiger partial charge in [-0.3, -0.25) is 0 Å². The Morgan fingerprint density at radius 3 is 2.76 bits per heavy atom. The Hall–Kier alpha value is -1.84. The molecule has 4 heteroatoms. The van der Waals surface area contributed by atoms with Gasteiger partial charge in [0.15, 0.2) is 0 Å². The van der Waals surface area contributed by atoms with E-state index in [1.807, 2.05) is 0 Å². The second kappa shape index (κ2) is 6.68. The predicted octanol–water partition coefficient (Wildman–Crippen LogP) is 2.31. The molecule has 0 aliphatic rings. The molecule has 0 aliphatic heterocycles. The van der Waals surface area contributed by atoms with Crippen molar-refractivity contribution in [3.8, 4) is 5.75 Å². The van der Waals surface area contributed by atoms with Crippen LogP contribution in [0, 0.1) is 0 Å². The van der Waals surface area contributed by atoms with Gasteiger partial charge in [0.1, 0.15) is 12.0 Å². The minimum atomic E-state index is -1.02. The molecular weight excluding hydrogens is 220 g/mol. The van der Waals surface area contributed by atoms with E-state index in [0.29, 0.717) is 17.9 Å². The van der Waals surface area contributed by atoms with Crippen LogP contribution in [0.15, 0.2) is 18.2 Å². The number of rotatable bonds is 7. The molecule has 17 heavy (non-hydrogen) atoms. The van der Waals surface area contributed by atoms with Crippen molar-refractivity contribution in [2.75, 3.05) is 6.61 Å². The summed E-state index contributed by atoms with van der Waals surface area (Å²) in [7, 11) is 0. The van der Waals surface area contributed by atoms with E-state index in [1.165, 1.54) is 12.1 Å². The number of carboxylic acid groups (broad SMARTS) is 1. The van der Waals surface area contributed by atoms with E-state index < -0.39 is 5.97 Å². The molecule has 0 aromatic heterocycles. The van der Waals surface area contributed by atoms with Crippen LogP contribution >= 0.6 is 0 Å². The Labute approximate surface area is 100 Å². The number of hydrogen-bond acceptors (Lipinski definition) is 3. The zero-order valence-electron chi connectivity index (χ0n) is 9.81. The van der Waals surface area contributed by atoms with Crippen molar-refractivity contribution in [1.82, 2.24) is 0 Å². The van der Waals surface area contributed by atoms with Gasteiger partial charge in [-0.2, -0.15) is 0 Å². The van der Waals surface area contributed by atoms with Crippen molar-refractivity contribution in [3.05, 3.63) is 29.3 Å². The molecule has 0 aliphatic carbocycles. The zero-order chi connectivity index (χ0) is 12.7. The van der Waals surface area contributed by atoms with Gasteiger partial charge in [0.25, 0.3) is 0 Å². The molecule has 0 spiro atoms. The number of aromatic carboxylic acids is 1. The smallest absolute Gasteiger partial charge is 0.335 e. The van der Waals surface area contributed by atoms with E-state index in [4.69, 9.17) is 9.84 Å². The molecule has 0 bridgehead atoms. The van der Waals surface area contributed by atoms with Gasteiger partial charge in [-0.15, -0.1) is 0 Å². The van der Waals surface area contributed by atoms with E-state index >= 15 is 0 Å². The normalized spacial score (nSPS) is 9.94. The van der Waals surface area contributed by atoms with E-state index in [9.17, 15) is 9.59 Å². The van der Waals surface area contributed by atoms with E-state index in [-0.39, 0.29) is 12.0 Å². The van der Waals surface area contributed by atoms with E-state index in [0.717, 1.165) is 19.1 Å². The summed E-state index contributed by atoms with van der Waals surface area (Å²) >= 11 is 0. The lowest BCUT2D eigenvalue weighted by molar-refractivity contribution is -0.107. The molecule has 0 saturated carbocycles. The first-order valence-electron chi connectivity index (χ1n) is 5.61. The number of carboxylic acids is 1. The summed E-state index contributed by atoms with van der Waals surface area (Å²) in [5.74, 6) is -0.506. The first-order chi connectivity index (χ1) is 8.17. The molecule has 0 fully saturated rings. The van der Waals surface area contributed by atoms with Gasteiger partial charge in [0.05, 0.1) is 12.2 Å². The maximum absolute atomic E-state index is 10.9. The van der Waals surface area contributed by atoms with Crippen molar-refractivity contribution in [2.24, 2.45) is 0 Å². The number of carbonyl (C=O) groups is 2. The largest absolute Gasteiger partial charge is 0.494 e. The maximum atomic E-state index is 10.9. The lowest BCUT2D eigenvalue weighted by Gasteiger charge is -2.08. The molecule has 4 nitrogen and oxygen atoms in total. The second-order valence-electron chi connectivity index (χ2n) is 3.74. The van der Waals surface area contributed by atoms with Crippen LogP contribution in [0.1, 0.15) is 35.7 Å². The minimum absolute atomic E-state index is 0.149. The van der Waals surface area contributed by atoms with Gasteiger partial charge < -0.3 is 14.6 Å². The molecular formula is C13H16O4. The lowest BCUT2D eigenvalue weighted by Crippen LogP contribution is -2.02. The molecule has 0 saturated heterocycles. The average Bonchev–Trinajstić information content (AvgIpc) is 2.29. The quantitative estimate of drug-likeness (QED) is 0.582. The summed E-state index contributed by atoms with van der Waals surface area (Å²) in [5.41, 5.74) is 0.808. The topological polar surface area (TPSA) is 63.6 Å². The molecule has 0 amide bonds. The summed E-state index contributed by atoms with van der Waals surface area (Å²) in [4.78, 5) is 21.3. The molecule has 0 heterocycles. The number of benzene rings is 1. The number of hydrogen-bond donors (Lipinski definition) is 1. The third-order valence-corrected chi connectivity index (χ3v) is 2.30. The van der Waals surface area contributed by atoms with E-state index in [1.54, 1.807) is 6.07 Å². The zero-order valence-corrected chi connectivity index (χ0v) is 9.81. The van der Waals surface area contributed by atoms with Crippen LogP contribution in [0.5, 0.6) is 5.75 Å². The van der Waals surface area contributed by atoms with Crippen LogP contribution < -0.4 is 4.74 Å². The average molecular weight is 236 g/mol. The van der Waals surface area contributed by atoms with Crippen molar-refractivity contribution >= 4 is 12.3 Å². The highest BCUT2D eigenvalue weighted by Crippen LogP contribution is 2.18. The molecule has 0 unspecified atom stereocenters. The van der Waals surface area contributed by atoms with Crippen LogP contribution in [-0.4, -0.2) is 24.0 Å². The van der Waals surface area contributed by atoms with E-state index in [2.05, 4.69) is 6.92 Å². The fourth-order valence-corrected chi connectivity index (χ4v) is 1.42. The summed E-state index contributed by atoms with van der Waals surface area (Å²) in [5, 5.41) is 8.93. The van der Waals surface area contributed by atoms with Crippen LogP contribution in [-0.2, 0) is 11.2 Å². The molecule has 1 N–H and O–H groups in total. The van der Waals surface area contributed by atoms with Gasteiger partial charge in [-0.25, -0.2) is 4.79 Å². The maximum Gasteiger partial charge on any atom is 0.335 e. The lowest BCUT2D eigenvalue weighted by atomic mass is 10.1. The molecule has 0 radical (unpaired) electrons. The Kier molecular flexibility index (Phi) is 5.20. The summed E-state index contributed by atoms with van der Waals surface area (Å²) in [6, 6.07) is 4.67. The van der Waals surface area contributed by atoms with Crippen LogP contribution in [0.25, 0.3) is 0 Å². The molecule has 1 aromatic carbocycles. The van der Waals surface area contributed by atoms with Crippen molar-refractivity contribution in [3.63, 3.8) is 0 Å². The molecule has 1 rings (SSSR count). The summed E-state index contributed by atoms with van der Waals surface area (Å²) < 4.78 is 5.44. The SMILES string of the molecule is CCCCOc1cc(CC=O)cc(C(=O)O)c1. The van der Waals surface area contributed by atoms with Crippen molar-refractivity contribution < 1.29 is 19.4 Å². The number of aldehydes is 1. The monoisotopic (exact) mass is 236 g/mol. The third-order valence-electron chi connectivity index (χ3n) is 2.30. The molecule has 1 aromatic rings. The van der Waals surface area contributed by atoms with Crippen molar-refractivity contribution in [2.45, 2.75) is 26.2 Å². The fraction of sp³-hybridized carbons (Fsp3) is 0.385. The number of carbonyl (C=O) groups excluding carboxylic acids is 1. The van der Waals surface area contributed by atoms with Crippen molar-refractivity contribution in [1.29, 1.82) is 0 Å². The van der Waals surface area contributed by atoms with Crippen LogP contribution in [0.4, 0.5) is 0 Å². The first-order valence-corrected chi connectivity index (χ1v) is 5.61. The molecule has 0 atom stereocenters. The first kappa shape index (κ1) is 13.2. The predicted molar refractivity (Wildman–Crippen MR) is 63.6 cm³/mol. The van der Waals surface area contributed by atoms with Gasteiger partial charge in [-0.1, -0.05) is 13.3 Å². The Morgan fingerprint density at radius 1 is 1.41 bits per heavy atom. The summed E-state index contributed by atoms with van der Waals surface area (Å²) in [6.07, 6.45) is 2.88.